The average molecular weight is 373 g/mol. The second-order valence-corrected chi connectivity index (χ2v) is 6.23. The Labute approximate surface area is 152 Å². The van der Waals surface area contributed by atoms with E-state index in [-0.39, 0.29) is 23.0 Å². The fraction of sp³-hybridized carbons (Fsp3) is 0.176. The predicted molar refractivity (Wildman–Crippen MR) is 92.5 cm³/mol. The Bertz CT molecular complexity index is 940. The van der Waals surface area contributed by atoms with Gasteiger partial charge in [-0.3, -0.25) is 4.98 Å². The van der Waals surface area contributed by atoms with Crippen LogP contribution in [-0.2, 0) is 6.42 Å². The highest BCUT2D eigenvalue weighted by Gasteiger charge is 2.20. The van der Waals surface area contributed by atoms with E-state index in [1.165, 1.54) is 17.8 Å². The van der Waals surface area contributed by atoms with Crippen LogP contribution in [0.15, 0.2) is 46.0 Å². The molecule has 0 aliphatic rings. The van der Waals surface area contributed by atoms with Gasteiger partial charge in [-0.1, -0.05) is 6.07 Å². The molecular formula is C17H13F2N5OS. The van der Waals surface area contributed by atoms with Gasteiger partial charge in [-0.15, -0.1) is 11.8 Å². The van der Waals surface area contributed by atoms with Crippen molar-refractivity contribution in [3.63, 3.8) is 0 Å². The second-order valence-electron chi connectivity index (χ2n) is 5.14. The van der Waals surface area contributed by atoms with Gasteiger partial charge < -0.3 is 10.2 Å². The van der Waals surface area contributed by atoms with E-state index in [2.05, 4.69) is 15.0 Å². The molecule has 9 heteroatoms. The van der Waals surface area contributed by atoms with Crippen LogP contribution in [0.2, 0.25) is 0 Å². The maximum Gasteiger partial charge on any atom is 0.295 e. The second kappa shape index (κ2) is 7.93. The average Bonchev–Trinajstić information content (AvgIpc) is 3.12. The summed E-state index contributed by atoms with van der Waals surface area (Å²) in [5.41, 5.74) is 6.88. The van der Waals surface area contributed by atoms with Gasteiger partial charge in [0.25, 0.3) is 6.43 Å². The number of nitrogens with zero attached hydrogens (tertiary/aromatic N) is 4. The number of aromatic nitrogens is 3. The van der Waals surface area contributed by atoms with E-state index < -0.39 is 12.2 Å². The molecule has 6 nitrogen and oxygen atoms in total. The van der Waals surface area contributed by atoms with E-state index in [1.807, 2.05) is 24.3 Å². The van der Waals surface area contributed by atoms with Gasteiger partial charge in [0.1, 0.15) is 22.4 Å². The van der Waals surface area contributed by atoms with Gasteiger partial charge in [0.15, 0.2) is 11.5 Å². The molecule has 0 aliphatic heterocycles. The summed E-state index contributed by atoms with van der Waals surface area (Å²) in [6.07, 6.45) is -0.370. The molecule has 132 valence electrons. The lowest BCUT2D eigenvalue weighted by molar-refractivity contribution is 0.122. The first-order valence-corrected chi connectivity index (χ1v) is 8.55. The first-order valence-electron chi connectivity index (χ1n) is 7.57. The molecule has 0 radical (unpaired) electrons. The molecule has 0 bridgehead atoms. The van der Waals surface area contributed by atoms with Gasteiger partial charge in [0, 0.05) is 17.6 Å². The number of pyridine rings is 1. The molecule has 2 N–H and O–H groups in total. The molecule has 3 aromatic rings. The molecule has 0 atom stereocenters. The number of nitrogen functional groups attached to an aromatic ring is 1. The van der Waals surface area contributed by atoms with Crippen molar-refractivity contribution in [2.24, 2.45) is 0 Å². The monoisotopic (exact) mass is 373 g/mol. The molecule has 3 rings (SSSR count). The van der Waals surface area contributed by atoms with E-state index in [0.717, 1.165) is 11.8 Å². The SMILES string of the molecule is N#Cc1c(SCCc2ccccn2)nc(N)nc1-c1ccc(C(F)F)o1. The standard InChI is InChI=1S/C17H13F2N5OS/c18-15(19)13-5-4-12(25-13)14-11(9-20)16(24-17(21)23-14)26-8-6-10-3-1-2-7-22-10/h1-5,7,15H,6,8H2,(H2,21,23,24). The zero-order chi connectivity index (χ0) is 18.5. The molecule has 0 aromatic carbocycles. The molecule has 3 heterocycles. The van der Waals surface area contributed by atoms with E-state index in [1.54, 1.807) is 6.20 Å². The first kappa shape index (κ1) is 17.8. The largest absolute Gasteiger partial charge is 0.453 e. The number of hydrogen-bond acceptors (Lipinski definition) is 7. The topological polar surface area (TPSA) is 102 Å². The Morgan fingerprint density at radius 2 is 2.08 bits per heavy atom. The van der Waals surface area contributed by atoms with Crippen molar-refractivity contribution >= 4 is 17.7 Å². The number of aryl methyl sites for hydroxylation is 1. The van der Waals surface area contributed by atoms with Crippen molar-refractivity contribution in [3.05, 3.63) is 53.5 Å². The zero-order valence-corrected chi connectivity index (χ0v) is 14.2. The third-order valence-electron chi connectivity index (χ3n) is 3.40. The Morgan fingerprint density at radius 1 is 1.23 bits per heavy atom. The maximum absolute atomic E-state index is 12.7. The maximum atomic E-state index is 12.7. The number of halogens is 2. The van der Waals surface area contributed by atoms with Crippen molar-refractivity contribution in [1.29, 1.82) is 5.26 Å². The number of alkyl halides is 2. The fourth-order valence-electron chi connectivity index (χ4n) is 2.24. The van der Waals surface area contributed by atoms with E-state index in [9.17, 15) is 14.0 Å². The number of nitriles is 1. The Kier molecular flexibility index (Phi) is 5.43. The fourth-order valence-corrected chi connectivity index (χ4v) is 3.19. The Hall–Kier alpha value is -2.99. The third kappa shape index (κ3) is 3.97. The van der Waals surface area contributed by atoms with Crippen LogP contribution in [0.5, 0.6) is 0 Å². The zero-order valence-electron chi connectivity index (χ0n) is 13.4. The van der Waals surface area contributed by atoms with Gasteiger partial charge in [0.05, 0.1) is 0 Å². The highest BCUT2D eigenvalue weighted by atomic mass is 32.2. The quantitative estimate of drug-likeness (QED) is 0.517. The predicted octanol–water partition coefficient (Wildman–Crippen LogP) is 3.86. The minimum Gasteiger partial charge on any atom is -0.453 e. The number of furan rings is 1. The molecule has 26 heavy (non-hydrogen) atoms. The summed E-state index contributed by atoms with van der Waals surface area (Å²) in [4.78, 5) is 12.3. The number of hydrogen-bond donors (Lipinski definition) is 1. The van der Waals surface area contributed by atoms with Crippen molar-refractivity contribution in [1.82, 2.24) is 15.0 Å². The summed E-state index contributed by atoms with van der Waals surface area (Å²) in [5.74, 6) is 0.111. The lowest BCUT2D eigenvalue weighted by Crippen LogP contribution is -2.03. The van der Waals surface area contributed by atoms with Crippen LogP contribution in [0, 0.1) is 11.3 Å². The molecule has 0 aliphatic carbocycles. The highest BCUT2D eigenvalue weighted by molar-refractivity contribution is 7.99. The van der Waals surface area contributed by atoms with Crippen LogP contribution in [0.25, 0.3) is 11.5 Å². The summed E-state index contributed by atoms with van der Waals surface area (Å²) in [6, 6.07) is 10.1. The number of anilines is 1. The Balaban J connectivity index is 1.86. The number of rotatable bonds is 6. The Morgan fingerprint density at radius 3 is 2.73 bits per heavy atom. The van der Waals surface area contributed by atoms with Gasteiger partial charge in [-0.25, -0.2) is 18.7 Å². The number of thioether (sulfide) groups is 1. The first-order chi connectivity index (χ1) is 12.6. The lowest BCUT2D eigenvalue weighted by Gasteiger charge is -2.07. The van der Waals surface area contributed by atoms with Crippen molar-refractivity contribution < 1.29 is 13.2 Å². The molecule has 0 unspecified atom stereocenters. The van der Waals surface area contributed by atoms with Gasteiger partial charge in [0.2, 0.25) is 5.95 Å². The van der Waals surface area contributed by atoms with E-state index in [0.29, 0.717) is 17.2 Å². The van der Waals surface area contributed by atoms with Crippen LogP contribution in [-0.4, -0.2) is 20.7 Å². The third-order valence-corrected chi connectivity index (χ3v) is 4.38. The molecule has 0 fully saturated rings. The highest BCUT2D eigenvalue weighted by Crippen LogP contribution is 2.32. The summed E-state index contributed by atoms with van der Waals surface area (Å²) < 4.78 is 30.6. The van der Waals surface area contributed by atoms with Crippen LogP contribution >= 0.6 is 11.8 Å². The molecule has 0 spiro atoms. The summed E-state index contributed by atoms with van der Waals surface area (Å²) >= 11 is 1.32. The minimum atomic E-state index is -2.75. The minimum absolute atomic E-state index is 0.0533. The summed E-state index contributed by atoms with van der Waals surface area (Å²) in [5, 5.41) is 9.87. The van der Waals surface area contributed by atoms with Gasteiger partial charge in [-0.2, -0.15) is 5.26 Å². The molecule has 0 saturated carbocycles. The summed E-state index contributed by atoms with van der Waals surface area (Å²) in [6.45, 7) is 0. The molecule has 0 saturated heterocycles. The molecular weight excluding hydrogens is 360 g/mol. The van der Waals surface area contributed by atoms with E-state index in [4.69, 9.17) is 10.2 Å². The van der Waals surface area contributed by atoms with Crippen molar-refractivity contribution in [3.8, 4) is 17.5 Å². The van der Waals surface area contributed by atoms with Gasteiger partial charge >= 0.3 is 0 Å². The molecule has 3 aromatic heterocycles. The van der Waals surface area contributed by atoms with Crippen LogP contribution in [0.4, 0.5) is 14.7 Å². The van der Waals surface area contributed by atoms with Crippen molar-refractivity contribution in [2.75, 3.05) is 11.5 Å². The lowest BCUT2D eigenvalue weighted by atomic mass is 10.2. The van der Waals surface area contributed by atoms with Crippen LogP contribution in [0.3, 0.4) is 0 Å². The van der Waals surface area contributed by atoms with Crippen LogP contribution in [0.1, 0.15) is 23.4 Å². The van der Waals surface area contributed by atoms with Crippen LogP contribution < -0.4 is 5.73 Å². The smallest absolute Gasteiger partial charge is 0.295 e. The normalized spacial score (nSPS) is 10.8. The number of nitrogens with two attached hydrogens (primary N) is 1. The van der Waals surface area contributed by atoms with E-state index >= 15 is 0 Å². The molecule has 0 amide bonds. The summed E-state index contributed by atoms with van der Waals surface area (Å²) in [7, 11) is 0. The van der Waals surface area contributed by atoms with Crippen molar-refractivity contribution in [2.45, 2.75) is 17.9 Å². The van der Waals surface area contributed by atoms with Gasteiger partial charge in [-0.05, 0) is 30.7 Å².